The van der Waals surface area contributed by atoms with Gasteiger partial charge in [-0.15, -0.1) is 0 Å². The Balaban J connectivity index is 2.12. The summed E-state index contributed by atoms with van der Waals surface area (Å²) in [6.07, 6.45) is 2.33. The maximum Gasteiger partial charge on any atom is 0.303 e. The Bertz CT molecular complexity index is 207. The van der Waals surface area contributed by atoms with E-state index in [1.165, 1.54) is 6.42 Å². The molecule has 1 rings (SSSR count). The molecule has 1 heterocycles. The lowest BCUT2D eigenvalue weighted by molar-refractivity contribution is -0.137. The van der Waals surface area contributed by atoms with Crippen molar-refractivity contribution in [1.29, 1.82) is 0 Å². The number of likely N-dealkylation sites (N-methyl/N-ethyl adjacent to an activating group) is 1. The summed E-state index contributed by atoms with van der Waals surface area (Å²) in [5, 5.41) is 8.60. The zero-order chi connectivity index (χ0) is 11.3. The first-order chi connectivity index (χ1) is 7.08. The number of aliphatic carboxylic acids is 1. The summed E-state index contributed by atoms with van der Waals surface area (Å²) in [5.74, 6) is -0.0648. The van der Waals surface area contributed by atoms with Crippen molar-refractivity contribution in [2.24, 2.45) is 5.92 Å². The van der Waals surface area contributed by atoms with Crippen molar-refractivity contribution in [3.63, 3.8) is 0 Å². The van der Waals surface area contributed by atoms with Crippen molar-refractivity contribution in [3.05, 3.63) is 0 Å². The molecule has 0 aliphatic carbocycles. The fraction of sp³-hybridized carbons (Fsp3) is 0.909. The lowest BCUT2D eigenvalue weighted by atomic mass is 10.0. The number of carboxylic acid groups (broad SMARTS) is 1. The molecule has 1 N–H and O–H groups in total. The van der Waals surface area contributed by atoms with Gasteiger partial charge in [0.25, 0.3) is 0 Å². The molecule has 1 saturated heterocycles. The fourth-order valence-electron chi connectivity index (χ4n) is 2.02. The van der Waals surface area contributed by atoms with E-state index in [0.717, 1.165) is 32.6 Å². The number of carbonyl (C=O) groups is 1. The maximum atomic E-state index is 10.4. The average Bonchev–Trinajstić information content (AvgIpc) is 2.59. The highest BCUT2D eigenvalue weighted by Gasteiger charge is 2.22. The van der Waals surface area contributed by atoms with Crippen LogP contribution >= 0.6 is 0 Å². The first kappa shape index (κ1) is 12.5. The van der Waals surface area contributed by atoms with Crippen LogP contribution in [-0.4, -0.2) is 61.2 Å². The van der Waals surface area contributed by atoms with Crippen molar-refractivity contribution in [3.8, 4) is 0 Å². The lowest BCUT2D eigenvalue weighted by Gasteiger charge is -2.18. The van der Waals surface area contributed by atoms with Gasteiger partial charge in [-0.25, -0.2) is 0 Å². The van der Waals surface area contributed by atoms with Crippen LogP contribution < -0.4 is 0 Å². The van der Waals surface area contributed by atoms with E-state index in [1.54, 1.807) is 0 Å². The molecular formula is C11H22N2O2. The average molecular weight is 214 g/mol. The highest BCUT2D eigenvalue weighted by atomic mass is 16.4. The standard InChI is InChI=1S/C11H22N2O2/c1-12(2)7-8-13-6-5-10(9-13)3-4-11(14)15/h10H,3-9H2,1-2H3,(H,14,15). The molecule has 0 amide bonds. The molecule has 15 heavy (non-hydrogen) atoms. The molecule has 0 radical (unpaired) electrons. The Hall–Kier alpha value is -0.610. The van der Waals surface area contributed by atoms with Crippen molar-refractivity contribution in [2.75, 3.05) is 40.3 Å². The van der Waals surface area contributed by atoms with E-state index in [9.17, 15) is 4.79 Å². The summed E-state index contributed by atoms with van der Waals surface area (Å²) in [5.41, 5.74) is 0. The zero-order valence-corrected chi connectivity index (χ0v) is 9.78. The third-order valence-electron chi connectivity index (χ3n) is 3.00. The molecule has 4 heteroatoms. The smallest absolute Gasteiger partial charge is 0.303 e. The van der Waals surface area contributed by atoms with Crippen molar-refractivity contribution in [2.45, 2.75) is 19.3 Å². The Labute approximate surface area is 91.9 Å². The van der Waals surface area contributed by atoms with E-state index in [-0.39, 0.29) is 0 Å². The van der Waals surface area contributed by atoms with Crippen LogP contribution in [0.5, 0.6) is 0 Å². The van der Waals surface area contributed by atoms with E-state index in [0.29, 0.717) is 12.3 Å². The molecule has 88 valence electrons. The molecular weight excluding hydrogens is 192 g/mol. The van der Waals surface area contributed by atoms with E-state index in [1.807, 2.05) is 0 Å². The van der Waals surface area contributed by atoms with Crippen molar-refractivity contribution in [1.82, 2.24) is 9.80 Å². The molecule has 0 bridgehead atoms. The topological polar surface area (TPSA) is 43.8 Å². The zero-order valence-electron chi connectivity index (χ0n) is 9.78. The summed E-state index contributed by atoms with van der Waals surface area (Å²) in [4.78, 5) is 15.1. The Morgan fingerprint density at radius 1 is 1.53 bits per heavy atom. The van der Waals surface area contributed by atoms with Crippen LogP contribution in [0.15, 0.2) is 0 Å². The number of hydrogen-bond acceptors (Lipinski definition) is 3. The highest BCUT2D eigenvalue weighted by Crippen LogP contribution is 2.20. The van der Waals surface area contributed by atoms with Crippen LogP contribution in [0.4, 0.5) is 0 Å². The molecule has 1 aliphatic rings. The minimum absolute atomic E-state index is 0.326. The van der Waals surface area contributed by atoms with Crippen LogP contribution in [0, 0.1) is 5.92 Å². The number of likely N-dealkylation sites (tertiary alicyclic amines) is 1. The quantitative estimate of drug-likeness (QED) is 0.708. The summed E-state index contributed by atoms with van der Waals surface area (Å²) in [7, 11) is 4.16. The van der Waals surface area contributed by atoms with E-state index in [4.69, 9.17) is 5.11 Å². The minimum Gasteiger partial charge on any atom is -0.481 e. The van der Waals surface area contributed by atoms with Gasteiger partial charge in [-0.05, 0) is 39.4 Å². The number of nitrogens with zero attached hydrogens (tertiary/aromatic N) is 2. The van der Waals surface area contributed by atoms with Gasteiger partial charge in [0.2, 0.25) is 0 Å². The summed E-state index contributed by atoms with van der Waals surface area (Å²) in [6, 6.07) is 0. The van der Waals surface area contributed by atoms with Gasteiger partial charge in [-0.3, -0.25) is 4.79 Å². The molecule has 0 saturated carbocycles. The monoisotopic (exact) mass is 214 g/mol. The fourth-order valence-corrected chi connectivity index (χ4v) is 2.02. The van der Waals surface area contributed by atoms with Gasteiger partial charge >= 0.3 is 5.97 Å². The van der Waals surface area contributed by atoms with Crippen LogP contribution in [0.25, 0.3) is 0 Å². The van der Waals surface area contributed by atoms with Crippen LogP contribution in [-0.2, 0) is 4.79 Å². The third kappa shape index (κ3) is 5.14. The van der Waals surface area contributed by atoms with E-state index >= 15 is 0 Å². The summed E-state index contributed by atoms with van der Waals surface area (Å²) in [6.45, 7) is 4.42. The SMILES string of the molecule is CN(C)CCN1CCC(CCC(=O)O)C1. The molecule has 1 fully saturated rings. The van der Waals surface area contributed by atoms with E-state index < -0.39 is 5.97 Å². The molecule has 1 atom stereocenters. The van der Waals surface area contributed by atoms with Gasteiger partial charge in [0.05, 0.1) is 0 Å². The predicted octanol–water partition coefficient (Wildman–Crippen LogP) is 0.735. The molecule has 1 unspecified atom stereocenters. The van der Waals surface area contributed by atoms with E-state index in [2.05, 4.69) is 23.9 Å². The molecule has 0 aromatic heterocycles. The molecule has 4 nitrogen and oxygen atoms in total. The van der Waals surface area contributed by atoms with Crippen LogP contribution in [0.2, 0.25) is 0 Å². The summed E-state index contributed by atoms with van der Waals surface area (Å²) < 4.78 is 0. The number of rotatable bonds is 6. The molecule has 0 aromatic rings. The first-order valence-electron chi connectivity index (χ1n) is 5.67. The molecule has 1 aliphatic heterocycles. The largest absolute Gasteiger partial charge is 0.481 e. The first-order valence-corrected chi connectivity index (χ1v) is 5.67. The molecule has 0 aromatic carbocycles. The molecule has 0 spiro atoms. The van der Waals surface area contributed by atoms with Gasteiger partial charge in [0.1, 0.15) is 0 Å². The van der Waals surface area contributed by atoms with Gasteiger partial charge < -0.3 is 14.9 Å². The van der Waals surface area contributed by atoms with Crippen LogP contribution in [0.3, 0.4) is 0 Å². The number of hydrogen-bond donors (Lipinski definition) is 1. The van der Waals surface area contributed by atoms with Gasteiger partial charge in [-0.1, -0.05) is 0 Å². The van der Waals surface area contributed by atoms with Crippen molar-refractivity contribution >= 4 is 5.97 Å². The summed E-state index contributed by atoms with van der Waals surface area (Å²) >= 11 is 0. The number of carboxylic acids is 1. The second-order valence-corrected chi connectivity index (χ2v) is 4.69. The Morgan fingerprint density at radius 2 is 2.27 bits per heavy atom. The van der Waals surface area contributed by atoms with Gasteiger partial charge in [-0.2, -0.15) is 0 Å². The van der Waals surface area contributed by atoms with Crippen molar-refractivity contribution < 1.29 is 9.90 Å². The minimum atomic E-state index is -0.665. The Morgan fingerprint density at radius 3 is 2.87 bits per heavy atom. The normalized spacial score (nSPS) is 22.5. The van der Waals surface area contributed by atoms with Gasteiger partial charge in [0, 0.05) is 26.1 Å². The highest BCUT2D eigenvalue weighted by molar-refractivity contribution is 5.66. The maximum absolute atomic E-state index is 10.4. The van der Waals surface area contributed by atoms with Gasteiger partial charge in [0.15, 0.2) is 0 Å². The second kappa shape index (κ2) is 6.08. The predicted molar refractivity (Wildman–Crippen MR) is 60.0 cm³/mol. The van der Waals surface area contributed by atoms with Crippen LogP contribution in [0.1, 0.15) is 19.3 Å². The lowest BCUT2D eigenvalue weighted by Crippen LogP contribution is -2.30. The second-order valence-electron chi connectivity index (χ2n) is 4.69. The Kier molecular flexibility index (Phi) is 5.05. The third-order valence-corrected chi connectivity index (χ3v) is 3.00.